The van der Waals surface area contributed by atoms with E-state index in [-0.39, 0.29) is 11.8 Å². The molecule has 6 nitrogen and oxygen atoms in total. The molecule has 0 aromatic carbocycles. The summed E-state index contributed by atoms with van der Waals surface area (Å²) in [4.78, 5) is 14.6. The van der Waals surface area contributed by atoms with E-state index in [4.69, 9.17) is 4.74 Å². The molecule has 1 aliphatic heterocycles. The van der Waals surface area contributed by atoms with Crippen LogP contribution in [0, 0.1) is 0 Å². The molecule has 1 unspecified atom stereocenters. The van der Waals surface area contributed by atoms with E-state index in [2.05, 4.69) is 5.10 Å². The van der Waals surface area contributed by atoms with E-state index in [1.807, 2.05) is 52.8 Å². The van der Waals surface area contributed by atoms with Gasteiger partial charge in [0.15, 0.2) is 0 Å². The zero-order chi connectivity index (χ0) is 15.0. The molecule has 112 valence electrons. The second-order valence-corrected chi connectivity index (χ2v) is 5.56. The second kappa shape index (κ2) is 5.37. The van der Waals surface area contributed by atoms with Crippen molar-refractivity contribution >= 4 is 5.91 Å². The maximum atomic E-state index is 12.7. The largest absolute Gasteiger partial charge is 0.384 e. The lowest BCUT2D eigenvalue weighted by atomic mass is 9.97. The van der Waals surface area contributed by atoms with Crippen LogP contribution in [-0.4, -0.2) is 45.4 Å². The number of rotatable bonds is 3. The van der Waals surface area contributed by atoms with Crippen molar-refractivity contribution in [2.45, 2.75) is 12.5 Å². The minimum atomic E-state index is 0.0538. The van der Waals surface area contributed by atoms with Crippen LogP contribution in [0.3, 0.4) is 0 Å². The SMILES string of the molecule is COCC1CN(C(=O)c2cccn2C)Cc2cn(C)nc21. The second-order valence-electron chi connectivity index (χ2n) is 5.56. The summed E-state index contributed by atoms with van der Waals surface area (Å²) in [5, 5.41) is 4.52. The molecule has 0 bridgehead atoms. The number of hydrogen-bond donors (Lipinski definition) is 0. The highest BCUT2D eigenvalue weighted by Gasteiger charge is 2.31. The minimum Gasteiger partial charge on any atom is -0.384 e. The average molecular weight is 288 g/mol. The van der Waals surface area contributed by atoms with Gasteiger partial charge < -0.3 is 14.2 Å². The van der Waals surface area contributed by atoms with Crippen molar-refractivity contribution < 1.29 is 9.53 Å². The fraction of sp³-hybridized carbons (Fsp3) is 0.467. The lowest BCUT2D eigenvalue weighted by Crippen LogP contribution is -2.40. The number of ether oxygens (including phenoxy) is 1. The molecule has 2 aromatic heterocycles. The first-order valence-electron chi connectivity index (χ1n) is 7.02. The van der Waals surface area contributed by atoms with E-state index >= 15 is 0 Å². The highest BCUT2D eigenvalue weighted by molar-refractivity contribution is 5.93. The molecule has 0 saturated carbocycles. The van der Waals surface area contributed by atoms with Crippen LogP contribution in [-0.2, 0) is 25.4 Å². The van der Waals surface area contributed by atoms with Gasteiger partial charge in [0.25, 0.3) is 5.91 Å². The molecule has 0 radical (unpaired) electrons. The quantitative estimate of drug-likeness (QED) is 0.851. The van der Waals surface area contributed by atoms with Crippen molar-refractivity contribution in [3.63, 3.8) is 0 Å². The van der Waals surface area contributed by atoms with E-state index in [0.717, 1.165) is 11.3 Å². The van der Waals surface area contributed by atoms with Crippen LogP contribution in [0.15, 0.2) is 24.5 Å². The molecule has 0 fully saturated rings. The molecule has 1 amide bonds. The lowest BCUT2D eigenvalue weighted by Gasteiger charge is -2.31. The molecule has 3 rings (SSSR count). The summed E-state index contributed by atoms with van der Waals surface area (Å²) in [6.07, 6.45) is 3.88. The third-order valence-electron chi connectivity index (χ3n) is 3.94. The number of nitrogens with zero attached hydrogens (tertiary/aromatic N) is 4. The van der Waals surface area contributed by atoms with Gasteiger partial charge in [-0.15, -0.1) is 0 Å². The molecular weight excluding hydrogens is 268 g/mol. The first-order chi connectivity index (χ1) is 10.1. The Balaban J connectivity index is 1.89. The smallest absolute Gasteiger partial charge is 0.270 e. The van der Waals surface area contributed by atoms with E-state index in [1.165, 1.54) is 0 Å². The summed E-state index contributed by atoms with van der Waals surface area (Å²) in [5.41, 5.74) is 2.86. The zero-order valence-corrected chi connectivity index (χ0v) is 12.6. The Hall–Kier alpha value is -2.08. The third kappa shape index (κ3) is 2.47. The van der Waals surface area contributed by atoms with Gasteiger partial charge in [-0.2, -0.15) is 5.10 Å². The maximum Gasteiger partial charge on any atom is 0.270 e. The highest BCUT2D eigenvalue weighted by atomic mass is 16.5. The number of aryl methyl sites for hydroxylation is 2. The van der Waals surface area contributed by atoms with Crippen molar-refractivity contribution in [2.75, 3.05) is 20.3 Å². The van der Waals surface area contributed by atoms with Crippen molar-refractivity contribution in [2.24, 2.45) is 14.1 Å². The number of amides is 1. The Bertz CT molecular complexity index is 658. The molecule has 2 aromatic rings. The molecule has 0 saturated heterocycles. The van der Waals surface area contributed by atoms with Gasteiger partial charge in [-0.1, -0.05) is 0 Å². The van der Waals surface area contributed by atoms with Crippen molar-refractivity contribution in [1.82, 2.24) is 19.2 Å². The molecule has 3 heterocycles. The molecular formula is C15H20N4O2. The summed E-state index contributed by atoms with van der Waals surface area (Å²) < 4.78 is 8.96. The predicted octanol–water partition coefficient (Wildman–Crippen LogP) is 1.14. The highest BCUT2D eigenvalue weighted by Crippen LogP contribution is 2.28. The van der Waals surface area contributed by atoms with Crippen LogP contribution >= 0.6 is 0 Å². The topological polar surface area (TPSA) is 52.3 Å². The fourth-order valence-electron chi connectivity index (χ4n) is 2.98. The van der Waals surface area contributed by atoms with Crippen LogP contribution < -0.4 is 0 Å². The van der Waals surface area contributed by atoms with Gasteiger partial charge >= 0.3 is 0 Å². The molecule has 0 spiro atoms. The van der Waals surface area contributed by atoms with Crippen LogP contribution in [0.4, 0.5) is 0 Å². The first-order valence-corrected chi connectivity index (χ1v) is 7.02. The van der Waals surface area contributed by atoms with Crippen LogP contribution in [0.5, 0.6) is 0 Å². The molecule has 6 heteroatoms. The maximum absolute atomic E-state index is 12.7. The third-order valence-corrected chi connectivity index (χ3v) is 3.94. The Morgan fingerprint density at radius 1 is 1.48 bits per heavy atom. The zero-order valence-electron chi connectivity index (χ0n) is 12.6. The summed E-state index contributed by atoms with van der Waals surface area (Å²) in [7, 11) is 5.48. The number of aromatic nitrogens is 3. The van der Waals surface area contributed by atoms with Crippen molar-refractivity contribution in [1.29, 1.82) is 0 Å². The van der Waals surface area contributed by atoms with Gasteiger partial charge in [0.2, 0.25) is 0 Å². The predicted molar refractivity (Wildman–Crippen MR) is 78.0 cm³/mol. The summed E-state index contributed by atoms with van der Waals surface area (Å²) in [6.45, 7) is 1.82. The molecule has 0 aliphatic carbocycles. The first kappa shape index (κ1) is 13.9. The average Bonchev–Trinajstić information content (AvgIpc) is 3.03. The summed E-state index contributed by atoms with van der Waals surface area (Å²) >= 11 is 0. The Kier molecular flexibility index (Phi) is 3.55. The van der Waals surface area contributed by atoms with Gasteiger partial charge in [-0.25, -0.2) is 0 Å². The Labute approximate surface area is 123 Å². The number of carbonyl (C=O) groups excluding carboxylic acids is 1. The number of fused-ring (bicyclic) bond motifs is 1. The van der Waals surface area contributed by atoms with Gasteiger partial charge in [0.1, 0.15) is 5.69 Å². The van der Waals surface area contributed by atoms with Crippen molar-refractivity contribution in [3.8, 4) is 0 Å². The molecule has 1 aliphatic rings. The normalized spacial score (nSPS) is 17.9. The van der Waals surface area contributed by atoms with Crippen LogP contribution in [0.2, 0.25) is 0 Å². The van der Waals surface area contributed by atoms with E-state index in [1.54, 1.807) is 7.11 Å². The van der Waals surface area contributed by atoms with Gasteiger partial charge in [-0.05, 0) is 12.1 Å². The lowest BCUT2D eigenvalue weighted by molar-refractivity contribution is 0.0669. The minimum absolute atomic E-state index is 0.0538. The van der Waals surface area contributed by atoms with Crippen LogP contribution in [0.25, 0.3) is 0 Å². The fourth-order valence-corrected chi connectivity index (χ4v) is 2.98. The summed E-state index contributed by atoms with van der Waals surface area (Å²) in [6, 6.07) is 3.74. The van der Waals surface area contributed by atoms with E-state index < -0.39 is 0 Å². The monoisotopic (exact) mass is 288 g/mol. The van der Waals surface area contributed by atoms with Crippen LogP contribution in [0.1, 0.15) is 27.7 Å². The summed E-state index contributed by atoms with van der Waals surface area (Å²) in [5.74, 6) is 0.183. The number of carbonyl (C=O) groups is 1. The van der Waals surface area contributed by atoms with Gasteiger partial charge in [-0.3, -0.25) is 9.48 Å². The Morgan fingerprint density at radius 2 is 2.29 bits per heavy atom. The Morgan fingerprint density at radius 3 is 2.95 bits per heavy atom. The van der Waals surface area contributed by atoms with Gasteiger partial charge in [0.05, 0.1) is 12.3 Å². The van der Waals surface area contributed by atoms with E-state index in [0.29, 0.717) is 25.4 Å². The molecule has 21 heavy (non-hydrogen) atoms. The van der Waals surface area contributed by atoms with Gasteiger partial charge in [0, 0.05) is 58.2 Å². The van der Waals surface area contributed by atoms with Crippen molar-refractivity contribution in [3.05, 3.63) is 41.5 Å². The molecule has 1 atom stereocenters. The number of methoxy groups -OCH3 is 1. The number of hydrogen-bond acceptors (Lipinski definition) is 3. The van der Waals surface area contributed by atoms with E-state index in [9.17, 15) is 4.79 Å². The standard InChI is InChI=1S/C15H20N4O2/c1-17-6-4-5-13(17)15(20)19-8-11-7-18(2)16-14(11)12(9-19)10-21-3/h4-7,12H,8-10H2,1-3H3. The molecule has 0 N–H and O–H groups in total.